The summed E-state index contributed by atoms with van der Waals surface area (Å²) in [5.41, 5.74) is 1.72. The van der Waals surface area contributed by atoms with Gasteiger partial charge < -0.3 is 4.42 Å². The summed E-state index contributed by atoms with van der Waals surface area (Å²) in [5, 5.41) is 25.9. The van der Waals surface area contributed by atoms with Gasteiger partial charge in [0.25, 0.3) is 0 Å². The van der Waals surface area contributed by atoms with Crippen LogP contribution in [0.25, 0.3) is 0 Å². The minimum absolute atomic E-state index is 0.103. The van der Waals surface area contributed by atoms with Gasteiger partial charge in [-0.3, -0.25) is 15.8 Å². The van der Waals surface area contributed by atoms with Crippen molar-refractivity contribution in [2.45, 2.75) is 6.17 Å². The Hall–Kier alpha value is -1.86. The fraction of sp³-hybridized carbons (Fsp3) is 0.143. The SMILES string of the molecule is N=C1C(NO)=NC(c2ccco2)N1O. The number of aliphatic imine (C=N–C) groups is 1. The summed E-state index contributed by atoms with van der Waals surface area (Å²) < 4.78 is 5.01. The Balaban J connectivity index is 2.31. The van der Waals surface area contributed by atoms with Crippen LogP contribution in [0.2, 0.25) is 0 Å². The zero-order chi connectivity index (χ0) is 10.1. The Labute approximate surface area is 78.7 Å². The van der Waals surface area contributed by atoms with E-state index in [2.05, 4.69) is 4.99 Å². The molecule has 14 heavy (non-hydrogen) atoms. The second-order valence-corrected chi connectivity index (χ2v) is 2.67. The van der Waals surface area contributed by atoms with Crippen LogP contribution in [0.3, 0.4) is 0 Å². The Morgan fingerprint density at radius 1 is 1.64 bits per heavy atom. The normalized spacial score (nSPS) is 21.3. The Bertz CT molecular complexity index is 372. The molecule has 0 amide bonds. The van der Waals surface area contributed by atoms with Crippen LogP contribution in [0.5, 0.6) is 0 Å². The van der Waals surface area contributed by atoms with Crippen LogP contribution < -0.4 is 5.48 Å². The van der Waals surface area contributed by atoms with Gasteiger partial charge in [-0.05, 0) is 12.1 Å². The summed E-state index contributed by atoms with van der Waals surface area (Å²) in [4.78, 5) is 3.82. The molecule has 7 heteroatoms. The summed E-state index contributed by atoms with van der Waals surface area (Å²) in [6.45, 7) is 0. The number of furan rings is 1. The molecule has 0 saturated carbocycles. The molecule has 2 heterocycles. The monoisotopic (exact) mass is 196 g/mol. The zero-order valence-corrected chi connectivity index (χ0v) is 7.01. The van der Waals surface area contributed by atoms with Crippen molar-refractivity contribution in [1.29, 1.82) is 5.41 Å². The van der Waals surface area contributed by atoms with E-state index in [0.29, 0.717) is 10.8 Å². The topological polar surface area (TPSA) is 105 Å². The van der Waals surface area contributed by atoms with E-state index in [-0.39, 0.29) is 11.7 Å². The minimum atomic E-state index is -0.813. The third kappa shape index (κ3) is 1.15. The van der Waals surface area contributed by atoms with Gasteiger partial charge in [0.15, 0.2) is 17.4 Å². The maximum absolute atomic E-state index is 9.41. The van der Waals surface area contributed by atoms with E-state index in [1.54, 1.807) is 17.6 Å². The average Bonchev–Trinajstić information content (AvgIpc) is 2.78. The Kier molecular flexibility index (Phi) is 1.95. The van der Waals surface area contributed by atoms with E-state index in [1.807, 2.05) is 0 Å². The molecule has 1 unspecified atom stereocenters. The first-order valence-electron chi connectivity index (χ1n) is 3.82. The molecule has 0 aliphatic carbocycles. The molecule has 1 aromatic heterocycles. The lowest BCUT2D eigenvalue weighted by Gasteiger charge is -2.14. The van der Waals surface area contributed by atoms with Gasteiger partial charge >= 0.3 is 0 Å². The van der Waals surface area contributed by atoms with Crippen LogP contribution in [-0.4, -0.2) is 27.1 Å². The number of hydrogen-bond donors (Lipinski definition) is 4. The first-order valence-corrected chi connectivity index (χ1v) is 3.82. The first-order chi connectivity index (χ1) is 6.74. The van der Waals surface area contributed by atoms with Crippen molar-refractivity contribution in [1.82, 2.24) is 10.5 Å². The van der Waals surface area contributed by atoms with Gasteiger partial charge in [-0.2, -0.15) is 0 Å². The van der Waals surface area contributed by atoms with Gasteiger partial charge in [-0.25, -0.2) is 15.5 Å². The van der Waals surface area contributed by atoms with Crippen molar-refractivity contribution in [2.75, 3.05) is 0 Å². The van der Waals surface area contributed by atoms with Gasteiger partial charge in [-0.15, -0.1) is 0 Å². The molecule has 0 spiro atoms. The second kappa shape index (κ2) is 3.13. The summed E-state index contributed by atoms with van der Waals surface area (Å²) in [5.74, 6) is -0.0229. The number of amidine groups is 2. The molecule has 7 nitrogen and oxygen atoms in total. The van der Waals surface area contributed by atoms with Crippen LogP contribution in [0.15, 0.2) is 27.8 Å². The Morgan fingerprint density at radius 2 is 2.43 bits per heavy atom. The summed E-state index contributed by atoms with van der Waals surface area (Å²) in [6, 6.07) is 3.26. The maximum Gasteiger partial charge on any atom is 0.207 e. The average molecular weight is 196 g/mol. The van der Waals surface area contributed by atoms with Gasteiger partial charge in [0.05, 0.1) is 6.26 Å². The maximum atomic E-state index is 9.41. The molecule has 1 aliphatic heterocycles. The number of rotatable bonds is 1. The highest BCUT2D eigenvalue weighted by Gasteiger charge is 2.33. The number of hydroxylamine groups is 3. The van der Waals surface area contributed by atoms with E-state index in [0.717, 1.165) is 0 Å². The molecular weight excluding hydrogens is 188 g/mol. The molecule has 0 fully saturated rings. The molecule has 4 N–H and O–H groups in total. The lowest BCUT2D eigenvalue weighted by Crippen LogP contribution is -2.33. The van der Waals surface area contributed by atoms with E-state index in [9.17, 15) is 5.21 Å². The molecule has 0 radical (unpaired) electrons. The predicted octanol–water partition coefficient (Wildman–Crippen LogP) is 0.338. The van der Waals surface area contributed by atoms with Gasteiger partial charge in [-0.1, -0.05) is 0 Å². The van der Waals surface area contributed by atoms with E-state index in [1.165, 1.54) is 6.26 Å². The fourth-order valence-corrected chi connectivity index (χ4v) is 1.17. The molecular formula is C7H8N4O3. The van der Waals surface area contributed by atoms with E-state index < -0.39 is 6.17 Å². The van der Waals surface area contributed by atoms with Crippen LogP contribution in [0.1, 0.15) is 11.9 Å². The van der Waals surface area contributed by atoms with Gasteiger partial charge in [0, 0.05) is 0 Å². The fourth-order valence-electron chi connectivity index (χ4n) is 1.17. The number of hydrogen-bond acceptors (Lipinski definition) is 6. The highest BCUT2D eigenvalue weighted by atomic mass is 16.5. The van der Waals surface area contributed by atoms with Gasteiger partial charge in [0.2, 0.25) is 6.17 Å². The van der Waals surface area contributed by atoms with Gasteiger partial charge in [0.1, 0.15) is 0 Å². The smallest absolute Gasteiger partial charge is 0.207 e. The summed E-state index contributed by atoms with van der Waals surface area (Å²) in [7, 11) is 0. The molecule has 1 atom stereocenters. The van der Waals surface area contributed by atoms with Crippen LogP contribution in [0.4, 0.5) is 0 Å². The van der Waals surface area contributed by atoms with E-state index in [4.69, 9.17) is 15.0 Å². The standard InChI is InChI=1S/C7H8N4O3/c8-5-6(10-12)9-7(11(5)13)4-2-1-3-14-4/h1-3,7-8,12-13H,(H,9,10). The summed E-state index contributed by atoms with van der Waals surface area (Å²) in [6.07, 6.45) is 0.624. The molecule has 1 aliphatic rings. The largest absolute Gasteiger partial charge is 0.465 e. The van der Waals surface area contributed by atoms with Crippen molar-refractivity contribution in [3.05, 3.63) is 24.2 Å². The van der Waals surface area contributed by atoms with Crippen molar-refractivity contribution >= 4 is 11.7 Å². The van der Waals surface area contributed by atoms with Crippen molar-refractivity contribution in [2.24, 2.45) is 4.99 Å². The minimum Gasteiger partial charge on any atom is -0.465 e. The molecule has 0 bridgehead atoms. The predicted molar refractivity (Wildman–Crippen MR) is 45.2 cm³/mol. The van der Waals surface area contributed by atoms with Crippen molar-refractivity contribution < 1.29 is 14.8 Å². The number of nitrogens with zero attached hydrogens (tertiary/aromatic N) is 2. The third-order valence-corrected chi connectivity index (χ3v) is 1.84. The Morgan fingerprint density at radius 3 is 2.93 bits per heavy atom. The highest BCUT2D eigenvalue weighted by molar-refractivity contribution is 6.39. The molecule has 0 saturated heterocycles. The third-order valence-electron chi connectivity index (χ3n) is 1.84. The van der Waals surface area contributed by atoms with Crippen LogP contribution in [0, 0.1) is 5.41 Å². The zero-order valence-electron chi connectivity index (χ0n) is 7.01. The highest BCUT2D eigenvalue weighted by Crippen LogP contribution is 2.25. The van der Waals surface area contributed by atoms with Crippen molar-refractivity contribution in [3.8, 4) is 0 Å². The first kappa shape index (κ1) is 8.73. The lowest BCUT2D eigenvalue weighted by molar-refractivity contribution is -0.0514. The molecule has 1 aromatic rings. The molecule has 74 valence electrons. The summed E-state index contributed by atoms with van der Waals surface area (Å²) >= 11 is 0. The van der Waals surface area contributed by atoms with Crippen LogP contribution >= 0.6 is 0 Å². The molecule has 0 aromatic carbocycles. The number of nitrogens with one attached hydrogen (secondary N) is 2. The van der Waals surface area contributed by atoms with Crippen molar-refractivity contribution in [3.63, 3.8) is 0 Å². The second-order valence-electron chi connectivity index (χ2n) is 2.67. The van der Waals surface area contributed by atoms with E-state index >= 15 is 0 Å². The van der Waals surface area contributed by atoms with Crippen LogP contribution in [-0.2, 0) is 0 Å². The molecule has 2 rings (SSSR count). The lowest BCUT2D eigenvalue weighted by atomic mass is 10.4. The quantitative estimate of drug-likeness (QED) is 0.484.